The molecule has 1 fully saturated rings. The van der Waals surface area contributed by atoms with Gasteiger partial charge in [-0.05, 0) is 57.8 Å². The summed E-state index contributed by atoms with van der Waals surface area (Å²) in [5, 5.41) is 50.2. The number of allylic oxidation sites excluding steroid dienone is 10. The second-order valence-corrected chi connectivity index (χ2v) is 17.6. The number of phosphoric acid groups is 1. The zero-order valence-corrected chi connectivity index (χ0v) is 38.8. The van der Waals surface area contributed by atoms with Crippen LogP contribution in [-0.4, -0.2) is 98.3 Å². The summed E-state index contributed by atoms with van der Waals surface area (Å²) >= 11 is 0. The number of hydrogen-bond donors (Lipinski definition) is 6. The predicted molar refractivity (Wildman–Crippen MR) is 244 cm³/mol. The minimum absolute atomic E-state index is 0.0566. The first kappa shape index (κ1) is 57.6. The van der Waals surface area contributed by atoms with Crippen molar-refractivity contribution in [3.63, 3.8) is 0 Å². The number of carbonyl (C=O) groups excluding carboxylic acids is 2. The number of unbranched alkanes of at least 4 members (excludes halogenated alkanes) is 16. The maximum Gasteiger partial charge on any atom is 0.472 e. The van der Waals surface area contributed by atoms with Crippen LogP contribution in [-0.2, 0) is 32.7 Å². The molecular formula is C48H83O13P. The number of hydrogen-bond acceptors (Lipinski definition) is 12. The highest BCUT2D eigenvalue weighted by atomic mass is 31.2. The van der Waals surface area contributed by atoms with E-state index in [2.05, 4.69) is 74.6 Å². The van der Waals surface area contributed by atoms with Gasteiger partial charge in [0.1, 0.15) is 43.2 Å². The highest BCUT2D eigenvalue weighted by molar-refractivity contribution is 7.47. The molecule has 358 valence electrons. The van der Waals surface area contributed by atoms with Crippen LogP contribution in [0.5, 0.6) is 0 Å². The summed E-state index contributed by atoms with van der Waals surface area (Å²) in [5.41, 5.74) is 0. The lowest BCUT2D eigenvalue weighted by Gasteiger charge is -2.41. The van der Waals surface area contributed by atoms with Crippen LogP contribution in [0.3, 0.4) is 0 Å². The summed E-state index contributed by atoms with van der Waals surface area (Å²) in [6.45, 7) is 3.16. The van der Waals surface area contributed by atoms with Crippen molar-refractivity contribution in [2.24, 2.45) is 0 Å². The van der Waals surface area contributed by atoms with Crippen molar-refractivity contribution >= 4 is 19.8 Å². The molecule has 1 aliphatic carbocycles. The van der Waals surface area contributed by atoms with E-state index in [1.165, 1.54) is 64.2 Å². The first-order chi connectivity index (χ1) is 29.9. The largest absolute Gasteiger partial charge is 0.472 e. The van der Waals surface area contributed by atoms with Crippen LogP contribution in [0.15, 0.2) is 60.8 Å². The van der Waals surface area contributed by atoms with Crippen LogP contribution in [0.4, 0.5) is 0 Å². The Kier molecular flexibility index (Phi) is 35.2. The van der Waals surface area contributed by atoms with Gasteiger partial charge in [-0.1, -0.05) is 164 Å². The van der Waals surface area contributed by atoms with Gasteiger partial charge in [-0.15, -0.1) is 0 Å². The number of ether oxygens (including phenoxy) is 2. The quantitative estimate of drug-likeness (QED) is 0.0148. The summed E-state index contributed by atoms with van der Waals surface area (Å²) in [5.74, 6) is -1.14. The number of rotatable bonds is 38. The lowest BCUT2D eigenvalue weighted by atomic mass is 9.85. The molecule has 14 heteroatoms. The Hall–Kier alpha value is -2.45. The summed E-state index contributed by atoms with van der Waals surface area (Å²) in [6, 6.07) is 0. The van der Waals surface area contributed by atoms with Gasteiger partial charge in [-0.3, -0.25) is 18.6 Å². The summed E-state index contributed by atoms with van der Waals surface area (Å²) in [6.07, 6.45) is 32.7. The molecule has 0 aliphatic heterocycles. The molecule has 0 radical (unpaired) electrons. The van der Waals surface area contributed by atoms with E-state index >= 15 is 0 Å². The van der Waals surface area contributed by atoms with E-state index in [-0.39, 0.29) is 12.8 Å². The molecule has 0 aromatic heterocycles. The molecule has 13 nitrogen and oxygen atoms in total. The van der Waals surface area contributed by atoms with E-state index in [0.29, 0.717) is 12.8 Å². The summed E-state index contributed by atoms with van der Waals surface area (Å²) < 4.78 is 33.5. The monoisotopic (exact) mass is 899 g/mol. The Bertz CT molecular complexity index is 1320. The normalized spacial score (nSPS) is 22.4. The molecule has 1 saturated carbocycles. The Labute approximate surface area is 373 Å². The molecular weight excluding hydrogens is 815 g/mol. The van der Waals surface area contributed by atoms with Gasteiger partial charge in [0.25, 0.3) is 0 Å². The minimum atomic E-state index is -5.13. The number of esters is 2. The van der Waals surface area contributed by atoms with Gasteiger partial charge in [0.2, 0.25) is 0 Å². The lowest BCUT2D eigenvalue weighted by Crippen LogP contribution is -2.64. The smallest absolute Gasteiger partial charge is 0.462 e. The zero-order chi connectivity index (χ0) is 45.7. The maximum atomic E-state index is 12.8. The fourth-order valence-electron chi connectivity index (χ4n) is 6.84. The van der Waals surface area contributed by atoms with E-state index in [0.717, 1.165) is 70.6 Å². The Morgan fingerprint density at radius 2 is 0.919 bits per heavy atom. The highest BCUT2D eigenvalue weighted by Crippen LogP contribution is 2.47. The topological polar surface area (TPSA) is 210 Å². The molecule has 62 heavy (non-hydrogen) atoms. The number of aliphatic hydroxyl groups is 5. The number of phosphoric ester groups is 1. The van der Waals surface area contributed by atoms with Gasteiger partial charge in [0.15, 0.2) is 6.10 Å². The molecule has 1 rings (SSSR count). The molecule has 0 bridgehead atoms. The maximum absolute atomic E-state index is 12.8. The van der Waals surface area contributed by atoms with Gasteiger partial charge < -0.3 is 39.9 Å². The summed E-state index contributed by atoms with van der Waals surface area (Å²) in [4.78, 5) is 35.7. The van der Waals surface area contributed by atoms with Crippen molar-refractivity contribution in [1.29, 1.82) is 0 Å². The van der Waals surface area contributed by atoms with Crippen molar-refractivity contribution in [1.82, 2.24) is 0 Å². The van der Waals surface area contributed by atoms with E-state index in [9.17, 15) is 44.6 Å². The SMILES string of the molecule is CC/C=C/C/C=C/C/C=C/C/C=C/C/C=C/CCCCCC(=O)O[C@H](COC(=O)CCCCCCCCCCCCCCCC)COP(=O)(O)OC1C(O)C(O)C(O)[C@H](O)C1O. The van der Waals surface area contributed by atoms with Crippen LogP contribution < -0.4 is 0 Å². The fourth-order valence-corrected chi connectivity index (χ4v) is 7.82. The van der Waals surface area contributed by atoms with Gasteiger partial charge in [-0.25, -0.2) is 4.57 Å². The fraction of sp³-hybridized carbons (Fsp3) is 0.750. The van der Waals surface area contributed by atoms with Crippen LogP contribution in [0.25, 0.3) is 0 Å². The number of aliphatic hydroxyl groups excluding tert-OH is 5. The molecule has 0 aromatic rings. The van der Waals surface area contributed by atoms with E-state index in [1.807, 2.05) is 0 Å². The molecule has 6 N–H and O–H groups in total. The average Bonchev–Trinajstić information content (AvgIpc) is 3.25. The van der Waals surface area contributed by atoms with Gasteiger partial charge in [0.05, 0.1) is 6.61 Å². The predicted octanol–water partition coefficient (Wildman–Crippen LogP) is 9.33. The molecule has 0 amide bonds. The van der Waals surface area contributed by atoms with Crippen LogP contribution in [0, 0.1) is 0 Å². The first-order valence-corrected chi connectivity index (χ1v) is 25.1. The van der Waals surface area contributed by atoms with Crippen LogP contribution >= 0.6 is 7.82 Å². The van der Waals surface area contributed by atoms with Crippen LogP contribution in [0.2, 0.25) is 0 Å². The van der Waals surface area contributed by atoms with Gasteiger partial charge in [-0.2, -0.15) is 0 Å². The first-order valence-electron chi connectivity index (χ1n) is 23.6. The van der Waals surface area contributed by atoms with Crippen molar-refractivity contribution in [3.05, 3.63) is 60.8 Å². The molecule has 8 atom stereocenters. The van der Waals surface area contributed by atoms with Gasteiger partial charge >= 0.3 is 19.8 Å². The lowest BCUT2D eigenvalue weighted by molar-refractivity contribution is -0.220. The Morgan fingerprint density at radius 1 is 0.516 bits per heavy atom. The van der Waals surface area contributed by atoms with Crippen LogP contribution in [0.1, 0.15) is 174 Å². The Morgan fingerprint density at radius 3 is 1.40 bits per heavy atom. The Balaban J connectivity index is 2.48. The van der Waals surface area contributed by atoms with E-state index in [1.54, 1.807) is 0 Å². The highest BCUT2D eigenvalue weighted by Gasteiger charge is 2.51. The van der Waals surface area contributed by atoms with Gasteiger partial charge in [0, 0.05) is 12.8 Å². The third kappa shape index (κ3) is 29.8. The third-order valence-corrected chi connectivity index (χ3v) is 11.6. The standard InChI is InChI=1S/C48H83O13P/c1-3-5-7-9-11-13-15-17-19-20-21-22-23-25-27-29-31-33-35-37-42(50)60-40(39-59-62(56,57)61-48-46(54)44(52)43(51)45(53)47(48)55)38-58-41(49)36-34-32-30-28-26-24-18-16-14-12-10-8-6-4-2/h5,7,11,13,17,19,21-22,25,27,40,43-48,51-55H,3-4,6,8-10,12,14-16,18,20,23-24,26,28-39H2,1-2H3,(H,56,57)/b7-5+,13-11+,19-17+,22-21+,27-25+/t40-,43?,44+,45?,46?,47?,48?/m1/s1. The van der Waals surface area contributed by atoms with E-state index in [4.69, 9.17) is 18.5 Å². The molecule has 0 saturated heterocycles. The second kappa shape index (κ2) is 37.9. The van der Waals surface area contributed by atoms with Crippen molar-refractivity contribution in [2.45, 2.75) is 217 Å². The molecule has 0 heterocycles. The molecule has 1 aliphatic rings. The third-order valence-electron chi connectivity index (χ3n) is 10.6. The van der Waals surface area contributed by atoms with Crippen molar-refractivity contribution in [2.75, 3.05) is 13.2 Å². The van der Waals surface area contributed by atoms with Crippen molar-refractivity contribution in [3.8, 4) is 0 Å². The zero-order valence-electron chi connectivity index (χ0n) is 37.9. The number of carbonyl (C=O) groups is 2. The molecule has 0 aromatic carbocycles. The average molecular weight is 899 g/mol. The second-order valence-electron chi connectivity index (χ2n) is 16.2. The summed E-state index contributed by atoms with van der Waals surface area (Å²) in [7, 11) is -5.13. The van der Waals surface area contributed by atoms with Crippen molar-refractivity contribution < 1.29 is 63.1 Å². The van der Waals surface area contributed by atoms with E-state index < -0.39 is 75.7 Å². The minimum Gasteiger partial charge on any atom is -0.462 e. The molecule has 0 spiro atoms. The molecule has 6 unspecified atom stereocenters.